The van der Waals surface area contributed by atoms with Crippen LogP contribution in [0.4, 0.5) is 0 Å². The lowest BCUT2D eigenvalue weighted by Crippen LogP contribution is -2.64. The Morgan fingerprint density at radius 3 is 2.27 bits per heavy atom. The number of primary amides is 1. The van der Waals surface area contributed by atoms with Gasteiger partial charge in [-0.25, -0.2) is 13.1 Å². The normalized spacial score (nSPS) is 22.9. The fourth-order valence-electron chi connectivity index (χ4n) is 8.25. The average Bonchev–Trinajstić information content (AvgIpc) is 3.87. The summed E-state index contributed by atoms with van der Waals surface area (Å²) in [5.41, 5.74) is 2.92. The van der Waals surface area contributed by atoms with E-state index in [2.05, 4.69) is 20.9 Å². The molecule has 4 aliphatic rings. The van der Waals surface area contributed by atoms with Crippen molar-refractivity contribution in [1.82, 2.24) is 34.8 Å². The van der Waals surface area contributed by atoms with Gasteiger partial charge in [-0.05, 0) is 50.5 Å². The van der Waals surface area contributed by atoms with Gasteiger partial charge in [0.2, 0.25) is 27.6 Å². The number of hydrogen-bond donors (Lipinski definition) is 4. The van der Waals surface area contributed by atoms with Gasteiger partial charge in [-0.3, -0.25) is 24.0 Å². The Kier molecular flexibility index (Phi) is 12.6. The fourth-order valence-corrected chi connectivity index (χ4v) is 9.66. The van der Waals surface area contributed by atoms with E-state index in [1.807, 2.05) is 0 Å². The Labute approximate surface area is 325 Å². The van der Waals surface area contributed by atoms with Crippen LogP contribution in [0.5, 0.6) is 0 Å². The number of likely N-dealkylation sites (tertiary alicyclic amines) is 1. The van der Waals surface area contributed by atoms with Crippen LogP contribution in [-0.2, 0) is 44.3 Å². The first-order valence-corrected chi connectivity index (χ1v) is 20.7. The van der Waals surface area contributed by atoms with Crippen molar-refractivity contribution in [2.24, 2.45) is 11.7 Å². The van der Waals surface area contributed by atoms with Gasteiger partial charge in [0.05, 0.1) is 36.0 Å². The summed E-state index contributed by atoms with van der Waals surface area (Å²) in [6.07, 6.45) is 6.45. The minimum atomic E-state index is -3.81. The minimum absolute atomic E-state index is 0.00341. The fraction of sp³-hybridized carbons (Fsp3) is 0.649. The number of Topliss-reactive ketones (excluding diaryl/α,β-unsaturated/α-hetero) is 1. The molecule has 19 heteroatoms. The molecule has 4 amide bonds. The molecule has 4 fully saturated rings. The van der Waals surface area contributed by atoms with Crippen molar-refractivity contribution in [3.05, 3.63) is 41.7 Å². The number of ether oxygens (including phenoxy) is 2. The number of hydrogen-bond acceptors (Lipinski definition) is 12. The van der Waals surface area contributed by atoms with Crippen molar-refractivity contribution in [1.29, 1.82) is 0 Å². The van der Waals surface area contributed by atoms with Gasteiger partial charge in [0, 0.05) is 57.7 Å². The molecule has 0 spiro atoms. The Morgan fingerprint density at radius 2 is 1.64 bits per heavy atom. The van der Waals surface area contributed by atoms with Crippen molar-refractivity contribution >= 4 is 39.4 Å². The summed E-state index contributed by atoms with van der Waals surface area (Å²) < 4.78 is 39.9. The van der Waals surface area contributed by atoms with Gasteiger partial charge in [0.15, 0.2) is 0 Å². The Morgan fingerprint density at radius 1 is 1.00 bits per heavy atom. The molecule has 18 nitrogen and oxygen atoms in total. The predicted molar refractivity (Wildman–Crippen MR) is 198 cm³/mol. The van der Waals surface area contributed by atoms with Crippen LogP contribution >= 0.6 is 0 Å². The van der Waals surface area contributed by atoms with Gasteiger partial charge in [-0.15, -0.1) is 5.10 Å². The highest BCUT2D eigenvalue weighted by Gasteiger charge is 2.49. The number of benzene rings is 1. The summed E-state index contributed by atoms with van der Waals surface area (Å²) >= 11 is 0. The second-order valence-electron chi connectivity index (χ2n) is 15.7. The summed E-state index contributed by atoms with van der Waals surface area (Å²) in [5.74, 6) is -3.88. The molecule has 0 radical (unpaired) electrons. The maximum Gasteiger partial charge on any atom is 0.287 e. The molecule has 6 rings (SSSR count). The molecule has 2 aromatic rings. The third kappa shape index (κ3) is 8.96. The number of sulfonamides is 1. The van der Waals surface area contributed by atoms with E-state index in [0.717, 1.165) is 32.1 Å². The minimum Gasteiger partial charge on any atom is -0.384 e. The van der Waals surface area contributed by atoms with E-state index >= 15 is 0 Å². The zero-order valence-electron chi connectivity index (χ0n) is 31.9. The summed E-state index contributed by atoms with van der Waals surface area (Å²) in [5, 5.41) is 24.8. The number of aromatic nitrogens is 3. The largest absolute Gasteiger partial charge is 0.384 e. The van der Waals surface area contributed by atoms with Crippen LogP contribution in [0.15, 0.2) is 35.4 Å². The molecule has 3 aliphatic heterocycles. The molecule has 56 heavy (non-hydrogen) atoms. The number of nitrogens with zero attached hydrogens (tertiary/aromatic N) is 5. The van der Waals surface area contributed by atoms with Gasteiger partial charge in [-0.1, -0.05) is 37.3 Å². The topological polar surface area (TPSA) is 245 Å². The zero-order valence-corrected chi connectivity index (χ0v) is 32.7. The molecule has 2 unspecified atom stereocenters. The van der Waals surface area contributed by atoms with E-state index in [9.17, 15) is 37.5 Å². The van der Waals surface area contributed by atoms with Crippen molar-refractivity contribution in [2.45, 2.75) is 106 Å². The van der Waals surface area contributed by atoms with E-state index in [4.69, 9.17) is 15.2 Å². The number of morpholine rings is 1. The third-order valence-corrected chi connectivity index (χ3v) is 13.3. The van der Waals surface area contributed by atoms with E-state index in [-0.39, 0.29) is 81.7 Å². The van der Waals surface area contributed by atoms with Crippen molar-refractivity contribution < 1.29 is 47.0 Å². The SMILES string of the molecule is CC(C)(O)c1cnnn1C1CC(C(=O)NC2(C(=O)C(N)=O)CCOCC2)N(C(=O)[C@@H](CC2CCCCC2)NC(=O)c2ccc(S(=O)(=O)N3CCOCC3)cc2)C1. The molecular weight excluding hydrogens is 749 g/mol. The highest BCUT2D eigenvalue weighted by atomic mass is 32.2. The molecule has 3 atom stereocenters. The second kappa shape index (κ2) is 17.1. The maximum absolute atomic E-state index is 14.9. The van der Waals surface area contributed by atoms with Crippen LogP contribution in [0.25, 0.3) is 0 Å². The number of ketones is 1. The van der Waals surface area contributed by atoms with Crippen LogP contribution in [0.3, 0.4) is 0 Å². The van der Waals surface area contributed by atoms with Crippen LogP contribution in [-0.4, -0.2) is 131 Å². The summed E-state index contributed by atoms with van der Waals surface area (Å²) in [7, 11) is -3.81. The first kappa shape index (κ1) is 41.3. The standard InChI is InChI=1S/C37H52N8O10S/c1-36(2,51)30-22-39-42-45(30)26-21-29(34(49)41-37(31(46)32(38)47)12-16-54-17-13-37)44(23-26)35(50)28(20-24-6-4-3-5-7-24)40-33(48)25-8-10-27(11-9-25)56(52,53)43-14-18-55-19-15-43/h8-11,22,24,26,28-29,51H,3-7,12-21,23H2,1-2H3,(H2,38,47)(H,40,48)(H,41,49)/t26?,28-,29?/m1/s1. The number of aliphatic hydroxyl groups is 1. The number of nitrogens with one attached hydrogen (secondary N) is 2. The smallest absolute Gasteiger partial charge is 0.287 e. The molecular formula is C37H52N8O10S. The van der Waals surface area contributed by atoms with E-state index < -0.39 is 68.7 Å². The van der Waals surface area contributed by atoms with Crippen LogP contribution < -0.4 is 16.4 Å². The van der Waals surface area contributed by atoms with Crippen LogP contribution in [0.2, 0.25) is 0 Å². The van der Waals surface area contributed by atoms with Crippen LogP contribution in [0.1, 0.15) is 93.7 Å². The molecule has 0 bridgehead atoms. The lowest BCUT2D eigenvalue weighted by Gasteiger charge is -2.37. The molecule has 3 saturated heterocycles. The quantitative estimate of drug-likeness (QED) is 0.198. The number of nitrogens with two attached hydrogens (primary N) is 1. The molecule has 1 aromatic heterocycles. The summed E-state index contributed by atoms with van der Waals surface area (Å²) in [4.78, 5) is 69.8. The first-order chi connectivity index (χ1) is 26.6. The number of rotatable bonds is 13. The number of amides is 4. The van der Waals surface area contributed by atoms with Gasteiger partial charge < -0.3 is 35.8 Å². The first-order valence-electron chi connectivity index (χ1n) is 19.3. The Hall–Kier alpha value is -4.30. The number of carbonyl (C=O) groups excluding carboxylic acids is 5. The van der Waals surface area contributed by atoms with E-state index in [0.29, 0.717) is 12.1 Å². The monoisotopic (exact) mass is 800 g/mol. The van der Waals surface area contributed by atoms with Crippen molar-refractivity contribution in [3.8, 4) is 0 Å². The van der Waals surface area contributed by atoms with Gasteiger partial charge >= 0.3 is 0 Å². The zero-order chi connectivity index (χ0) is 40.3. The molecule has 306 valence electrons. The molecule has 1 aromatic carbocycles. The van der Waals surface area contributed by atoms with Gasteiger partial charge in [0.1, 0.15) is 23.2 Å². The van der Waals surface area contributed by atoms with Crippen molar-refractivity contribution in [2.75, 3.05) is 46.1 Å². The van der Waals surface area contributed by atoms with Crippen LogP contribution in [0, 0.1) is 5.92 Å². The summed E-state index contributed by atoms with van der Waals surface area (Å²) in [6, 6.07) is 2.63. The van der Waals surface area contributed by atoms with E-state index in [1.165, 1.54) is 44.3 Å². The average molecular weight is 801 g/mol. The highest BCUT2D eigenvalue weighted by Crippen LogP contribution is 2.34. The maximum atomic E-state index is 14.9. The van der Waals surface area contributed by atoms with Gasteiger partial charge in [0.25, 0.3) is 11.8 Å². The Balaban J connectivity index is 1.29. The molecule has 1 saturated carbocycles. The number of carbonyl (C=O) groups is 5. The lowest BCUT2D eigenvalue weighted by molar-refractivity contribution is -0.147. The second-order valence-corrected chi connectivity index (χ2v) is 17.6. The molecule has 4 heterocycles. The summed E-state index contributed by atoms with van der Waals surface area (Å²) in [6.45, 7) is 4.29. The van der Waals surface area contributed by atoms with Crippen molar-refractivity contribution in [3.63, 3.8) is 0 Å². The highest BCUT2D eigenvalue weighted by molar-refractivity contribution is 7.89. The van der Waals surface area contributed by atoms with E-state index in [1.54, 1.807) is 13.8 Å². The third-order valence-electron chi connectivity index (χ3n) is 11.4. The van der Waals surface area contributed by atoms with Gasteiger partial charge in [-0.2, -0.15) is 4.31 Å². The lowest BCUT2D eigenvalue weighted by atomic mass is 9.84. The Bertz CT molecular complexity index is 1880. The molecule has 1 aliphatic carbocycles. The predicted octanol–water partition coefficient (Wildman–Crippen LogP) is 0.157. The molecule has 5 N–H and O–H groups in total.